The van der Waals surface area contributed by atoms with Crippen LogP contribution in [-0.2, 0) is 13.5 Å². The van der Waals surface area contributed by atoms with Crippen molar-refractivity contribution < 1.29 is 4.79 Å². The van der Waals surface area contributed by atoms with Crippen molar-refractivity contribution in [2.24, 2.45) is 7.05 Å². The third-order valence-corrected chi connectivity index (χ3v) is 3.47. The van der Waals surface area contributed by atoms with Crippen LogP contribution in [0, 0.1) is 6.92 Å². The summed E-state index contributed by atoms with van der Waals surface area (Å²) in [5, 5.41) is 4.12. The number of benzene rings is 1. The van der Waals surface area contributed by atoms with E-state index >= 15 is 0 Å². The average molecular weight is 271 g/mol. The summed E-state index contributed by atoms with van der Waals surface area (Å²) in [4.78, 5) is 14.3. The second kappa shape index (κ2) is 5.90. The maximum Gasteiger partial charge on any atom is 0.258 e. The third kappa shape index (κ3) is 2.46. The van der Waals surface area contributed by atoms with Gasteiger partial charge in [-0.1, -0.05) is 26.0 Å². The maximum absolute atomic E-state index is 12.5. The van der Waals surface area contributed by atoms with Crippen LogP contribution in [0.2, 0.25) is 0 Å². The van der Waals surface area contributed by atoms with E-state index < -0.39 is 0 Å². The largest absolute Gasteiger partial charge is 0.305 e. The van der Waals surface area contributed by atoms with Crippen LogP contribution in [0.5, 0.6) is 0 Å². The highest BCUT2D eigenvalue weighted by Crippen LogP contribution is 2.25. The summed E-state index contributed by atoms with van der Waals surface area (Å²) in [5.74, 6) is 0.0768. The number of anilines is 1. The number of hydrogen-bond donors (Lipinski definition) is 0. The molecule has 2 aromatic rings. The zero-order valence-corrected chi connectivity index (χ0v) is 12.6. The highest BCUT2D eigenvalue weighted by atomic mass is 16.2. The van der Waals surface area contributed by atoms with Crippen LogP contribution in [0.1, 0.15) is 35.3 Å². The molecule has 106 valence electrons. The van der Waals surface area contributed by atoms with Crippen LogP contribution in [0.4, 0.5) is 5.69 Å². The number of nitrogens with zero attached hydrogens (tertiary/aromatic N) is 3. The lowest BCUT2D eigenvalue weighted by molar-refractivity contribution is 0.0980. The van der Waals surface area contributed by atoms with Gasteiger partial charge in [0.15, 0.2) is 0 Å². The molecule has 0 saturated carbocycles. The number of amides is 1. The van der Waals surface area contributed by atoms with Gasteiger partial charge < -0.3 is 4.90 Å². The molecule has 0 atom stereocenters. The van der Waals surface area contributed by atoms with Crippen LogP contribution in [-0.4, -0.2) is 22.2 Å². The fourth-order valence-electron chi connectivity index (χ4n) is 2.50. The number of carbonyl (C=O) groups is 1. The first-order valence-corrected chi connectivity index (χ1v) is 7.06. The summed E-state index contributed by atoms with van der Waals surface area (Å²) in [6, 6.07) is 5.91. The average Bonchev–Trinajstić information content (AvgIpc) is 2.89. The number of rotatable bonds is 1. The quantitative estimate of drug-likeness (QED) is 0.799. The molecular formula is C16H21N3O. The van der Waals surface area contributed by atoms with Gasteiger partial charge in [-0.2, -0.15) is 5.10 Å². The minimum atomic E-state index is 0.0768. The first-order chi connectivity index (χ1) is 9.66. The van der Waals surface area contributed by atoms with Crippen molar-refractivity contribution in [3.05, 3.63) is 47.3 Å². The third-order valence-electron chi connectivity index (χ3n) is 3.47. The van der Waals surface area contributed by atoms with Crippen LogP contribution in [0.3, 0.4) is 0 Å². The van der Waals surface area contributed by atoms with Gasteiger partial charge in [0.1, 0.15) is 0 Å². The number of fused-ring (bicyclic) bond motifs is 1. The standard InChI is InChI=1S/C14H15N3O.C2H6/c1-10-4-3-5-13-12(10)6-7-17(14(13)18)11-8-15-16(2)9-11;1-2/h3-5,8-9H,6-7H2,1-2H3;1-2H3. The first-order valence-electron chi connectivity index (χ1n) is 7.06. The molecule has 1 aliphatic rings. The highest BCUT2D eigenvalue weighted by molar-refractivity contribution is 6.08. The minimum absolute atomic E-state index is 0.0768. The van der Waals surface area contributed by atoms with Gasteiger partial charge in [-0.25, -0.2) is 0 Å². The fourth-order valence-corrected chi connectivity index (χ4v) is 2.50. The van der Waals surface area contributed by atoms with Crippen molar-refractivity contribution in [1.29, 1.82) is 0 Å². The Balaban J connectivity index is 0.000000704. The number of hydrogen-bond acceptors (Lipinski definition) is 2. The molecule has 1 aliphatic heterocycles. The minimum Gasteiger partial charge on any atom is -0.305 e. The summed E-state index contributed by atoms with van der Waals surface area (Å²) in [6.45, 7) is 6.79. The molecule has 0 radical (unpaired) electrons. The Kier molecular flexibility index (Phi) is 4.23. The molecule has 1 aromatic carbocycles. The van der Waals surface area contributed by atoms with Gasteiger partial charge >= 0.3 is 0 Å². The monoisotopic (exact) mass is 271 g/mol. The molecule has 0 unspecified atom stereocenters. The second-order valence-corrected chi connectivity index (χ2v) is 4.68. The summed E-state index contributed by atoms with van der Waals surface area (Å²) in [7, 11) is 1.86. The highest BCUT2D eigenvalue weighted by Gasteiger charge is 2.26. The lowest BCUT2D eigenvalue weighted by Crippen LogP contribution is -2.37. The molecule has 0 saturated heterocycles. The zero-order valence-electron chi connectivity index (χ0n) is 12.6. The van der Waals surface area contributed by atoms with E-state index in [-0.39, 0.29) is 5.91 Å². The van der Waals surface area contributed by atoms with E-state index in [1.54, 1.807) is 15.8 Å². The molecule has 0 aliphatic carbocycles. The Morgan fingerprint density at radius 3 is 2.65 bits per heavy atom. The van der Waals surface area contributed by atoms with Crippen molar-refractivity contribution in [3.63, 3.8) is 0 Å². The Morgan fingerprint density at radius 1 is 1.25 bits per heavy atom. The van der Waals surface area contributed by atoms with Crippen LogP contribution < -0.4 is 4.90 Å². The molecular weight excluding hydrogens is 250 g/mol. The zero-order chi connectivity index (χ0) is 14.7. The maximum atomic E-state index is 12.5. The Bertz CT molecular complexity index is 616. The van der Waals surface area contributed by atoms with Crippen molar-refractivity contribution in [2.75, 3.05) is 11.4 Å². The summed E-state index contributed by atoms with van der Waals surface area (Å²) in [5.41, 5.74) is 4.08. The fraction of sp³-hybridized carbons (Fsp3) is 0.375. The van der Waals surface area contributed by atoms with Crippen molar-refractivity contribution in [3.8, 4) is 0 Å². The molecule has 1 aromatic heterocycles. The predicted molar refractivity (Wildman–Crippen MR) is 81.1 cm³/mol. The van der Waals surface area contributed by atoms with E-state index in [0.29, 0.717) is 0 Å². The normalized spacial score (nSPS) is 13.6. The van der Waals surface area contributed by atoms with Gasteiger partial charge in [-0.3, -0.25) is 9.48 Å². The molecule has 3 rings (SSSR count). The van der Waals surface area contributed by atoms with E-state index in [2.05, 4.69) is 18.1 Å². The molecule has 1 amide bonds. The molecule has 0 bridgehead atoms. The van der Waals surface area contributed by atoms with Gasteiger partial charge in [-0.15, -0.1) is 0 Å². The number of aryl methyl sites for hydroxylation is 2. The molecule has 0 spiro atoms. The molecule has 0 N–H and O–H groups in total. The van der Waals surface area contributed by atoms with Crippen LogP contribution >= 0.6 is 0 Å². The van der Waals surface area contributed by atoms with Gasteiger partial charge in [-0.05, 0) is 30.5 Å². The van der Waals surface area contributed by atoms with Gasteiger partial charge in [0.2, 0.25) is 0 Å². The Morgan fingerprint density at radius 2 is 2.00 bits per heavy atom. The van der Waals surface area contributed by atoms with E-state index in [0.717, 1.165) is 24.2 Å². The van der Waals surface area contributed by atoms with E-state index in [1.165, 1.54) is 11.1 Å². The van der Waals surface area contributed by atoms with Gasteiger partial charge in [0, 0.05) is 25.4 Å². The molecule has 2 heterocycles. The summed E-state index contributed by atoms with van der Waals surface area (Å²) in [6.07, 6.45) is 4.51. The molecule has 20 heavy (non-hydrogen) atoms. The number of carbonyl (C=O) groups excluding carboxylic acids is 1. The number of aromatic nitrogens is 2. The van der Waals surface area contributed by atoms with E-state index in [1.807, 2.05) is 39.2 Å². The Hall–Kier alpha value is -2.10. The van der Waals surface area contributed by atoms with Crippen molar-refractivity contribution >= 4 is 11.6 Å². The topological polar surface area (TPSA) is 38.1 Å². The Labute approximate surface area is 120 Å². The summed E-state index contributed by atoms with van der Waals surface area (Å²) >= 11 is 0. The predicted octanol–water partition coefficient (Wildman–Crippen LogP) is 2.96. The molecule has 4 heteroatoms. The van der Waals surface area contributed by atoms with Crippen molar-refractivity contribution in [1.82, 2.24) is 9.78 Å². The van der Waals surface area contributed by atoms with Crippen molar-refractivity contribution in [2.45, 2.75) is 27.2 Å². The first kappa shape index (κ1) is 14.3. The molecule has 4 nitrogen and oxygen atoms in total. The van der Waals surface area contributed by atoms with Gasteiger partial charge in [0.05, 0.1) is 11.9 Å². The van der Waals surface area contributed by atoms with Crippen LogP contribution in [0.25, 0.3) is 0 Å². The second-order valence-electron chi connectivity index (χ2n) is 4.68. The van der Waals surface area contributed by atoms with Crippen LogP contribution in [0.15, 0.2) is 30.6 Å². The van der Waals surface area contributed by atoms with Gasteiger partial charge in [0.25, 0.3) is 5.91 Å². The lowest BCUT2D eigenvalue weighted by Gasteiger charge is -2.28. The van der Waals surface area contributed by atoms with E-state index in [9.17, 15) is 4.79 Å². The smallest absolute Gasteiger partial charge is 0.258 e. The van der Waals surface area contributed by atoms with E-state index in [4.69, 9.17) is 0 Å². The molecule has 0 fully saturated rings. The summed E-state index contributed by atoms with van der Waals surface area (Å²) < 4.78 is 1.72. The SMILES string of the molecule is CC.Cc1cccc2c1CCN(c1cnn(C)c1)C2=O. The lowest BCUT2D eigenvalue weighted by atomic mass is 9.94.